The van der Waals surface area contributed by atoms with Crippen LogP contribution in [-0.2, 0) is 13.1 Å². The van der Waals surface area contributed by atoms with Gasteiger partial charge in [0, 0.05) is 36.3 Å². The standard InChI is InChI=1S/C21H25N3O/c1-24(14-18-9-5-8-17-13-22-11-10-20(17)18)15-19-12-21(23-25-19)16-6-3-2-4-7-16/h5,8-13,16H,2-4,6-7,14-15H2,1H3. The number of nitrogens with zero attached hydrogens (tertiary/aromatic N) is 3. The van der Waals surface area contributed by atoms with E-state index in [1.54, 1.807) is 0 Å². The van der Waals surface area contributed by atoms with Crippen LogP contribution in [0.3, 0.4) is 0 Å². The van der Waals surface area contributed by atoms with Gasteiger partial charge in [-0.3, -0.25) is 9.88 Å². The van der Waals surface area contributed by atoms with Crippen LogP contribution >= 0.6 is 0 Å². The molecular formula is C21H25N3O. The van der Waals surface area contributed by atoms with Crippen LogP contribution in [0.1, 0.15) is 55.0 Å². The Balaban J connectivity index is 1.43. The van der Waals surface area contributed by atoms with Gasteiger partial charge in [0.15, 0.2) is 5.76 Å². The second-order valence-corrected chi connectivity index (χ2v) is 7.24. The first kappa shape index (κ1) is 16.3. The Morgan fingerprint density at radius 1 is 1.12 bits per heavy atom. The van der Waals surface area contributed by atoms with Crippen molar-refractivity contribution in [1.82, 2.24) is 15.0 Å². The first-order valence-corrected chi connectivity index (χ1v) is 9.25. The molecule has 2 heterocycles. The molecule has 0 amide bonds. The van der Waals surface area contributed by atoms with Crippen molar-refractivity contribution in [2.75, 3.05) is 7.05 Å². The molecule has 4 heteroatoms. The monoisotopic (exact) mass is 335 g/mol. The van der Waals surface area contributed by atoms with Gasteiger partial charge in [0.05, 0.1) is 12.2 Å². The maximum atomic E-state index is 5.61. The van der Waals surface area contributed by atoms with Gasteiger partial charge < -0.3 is 4.52 Å². The zero-order valence-electron chi connectivity index (χ0n) is 14.8. The summed E-state index contributed by atoms with van der Waals surface area (Å²) >= 11 is 0. The van der Waals surface area contributed by atoms with Crippen molar-refractivity contribution in [3.05, 3.63) is 59.7 Å². The molecule has 0 atom stereocenters. The number of hydrogen-bond acceptors (Lipinski definition) is 4. The van der Waals surface area contributed by atoms with Crippen molar-refractivity contribution in [2.45, 2.75) is 51.1 Å². The molecule has 0 N–H and O–H groups in total. The Morgan fingerprint density at radius 3 is 2.88 bits per heavy atom. The number of hydrogen-bond donors (Lipinski definition) is 0. The lowest BCUT2D eigenvalue weighted by Gasteiger charge is -2.18. The fraction of sp³-hybridized carbons (Fsp3) is 0.429. The number of benzene rings is 1. The predicted molar refractivity (Wildman–Crippen MR) is 99.2 cm³/mol. The quantitative estimate of drug-likeness (QED) is 0.665. The highest BCUT2D eigenvalue weighted by molar-refractivity contribution is 5.84. The Morgan fingerprint density at radius 2 is 2.00 bits per heavy atom. The van der Waals surface area contributed by atoms with Gasteiger partial charge in [-0.25, -0.2) is 0 Å². The summed E-state index contributed by atoms with van der Waals surface area (Å²) in [6.07, 6.45) is 10.3. The van der Waals surface area contributed by atoms with Gasteiger partial charge in [-0.1, -0.05) is 42.6 Å². The Bertz CT molecular complexity index is 831. The molecule has 0 unspecified atom stereocenters. The second-order valence-electron chi connectivity index (χ2n) is 7.24. The van der Waals surface area contributed by atoms with Crippen molar-refractivity contribution < 1.29 is 4.52 Å². The van der Waals surface area contributed by atoms with Crippen molar-refractivity contribution in [2.24, 2.45) is 0 Å². The third-order valence-corrected chi connectivity index (χ3v) is 5.24. The summed E-state index contributed by atoms with van der Waals surface area (Å²) in [6.45, 7) is 1.65. The number of aromatic nitrogens is 2. The summed E-state index contributed by atoms with van der Waals surface area (Å²) < 4.78 is 5.61. The van der Waals surface area contributed by atoms with Crippen LogP contribution in [0.15, 0.2) is 47.2 Å². The minimum Gasteiger partial charge on any atom is -0.360 e. The maximum Gasteiger partial charge on any atom is 0.150 e. The van der Waals surface area contributed by atoms with Gasteiger partial charge in [0.25, 0.3) is 0 Å². The third-order valence-electron chi connectivity index (χ3n) is 5.24. The lowest BCUT2D eigenvalue weighted by atomic mass is 9.87. The van der Waals surface area contributed by atoms with E-state index in [1.807, 2.05) is 12.4 Å². The summed E-state index contributed by atoms with van der Waals surface area (Å²) in [5, 5.41) is 6.80. The minimum atomic E-state index is 0.599. The van der Waals surface area contributed by atoms with E-state index in [-0.39, 0.29) is 0 Å². The molecule has 4 rings (SSSR count). The molecule has 130 valence electrons. The first-order chi connectivity index (χ1) is 12.3. The van der Waals surface area contributed by atoms with Crippen LogP contribution in [0.5, 0.6) is 0 Å². The van der Waals surface area contributed by atoms with Crippen molar-refractivity contribution in [3.8, 4) is 0 Å². The van der Waals surface area contributed by atoms with Gasteiger partial charge in [0.2, 0.25) is 0 Å². The summed E-state index contributed by atoms with van der Waals surface area (Å²) in [7, 11) is 2.13. The second kappa shape index (κ2) is 7.36. The van der Waals surface area contributed by atoms with E-state index in [4.69, 9.17) is 4.52 Å². The maximum absolute atomic E-state index is 5.61. The molecule has 0 saturated heterocycles. The molecule has 0 radical (unpaired) electrons. The summed E-state index contributed by atoms with van der Waals surface area (Å²) in [5.41, 5.74) is 2.47. The van der Waals surface area contributed by atoms with Crippen LogP contribution in [0, 0.1) is 0 Å². The number of pyridine rings is 1. The van der Waals surface area contributed by atoms with E-state index >= 15 is 0 Å². The molecular weight excluding hydrogens is 310 g/mol. The zero-order valence-corrected chi connectivity index (χ0v) is 14.8. The van der Waals surface area contributed by atoms with Gasteiger partial charge in [0.1, 0.15) is 0 Å². The Labute approximate surface area is 148 Å². The Kier molecular flexibility index (Phi) is 4.79. The van der Waals surface area contributed by atoms with Crippen LogP contribution in [0.25, 0.3) is 10.8 Å². The van der Waals surface area contributed by atoms with Crippen LogP contribution in [0.2, 0.25) is 0 Å². The zero-order chi connectivity index (χ0) is 17.1. The van der Waals surface area contributed by atoms with Crippen LogP contribution in [0.4, 0.5) is 0 Å². The van der Waals surface area contributed by atoms with E-state index in [1.165, 1.54) is 48.4 Å². The summed E-state index contributed by atoms with van der Waals surface area (Å²) in [5.74, 6) is 1.56. The lowest BCUT2D eigenvalue weighted by molar-refractivity contribution is 0.265. The molecule has 1 aromatic carbocycles. The molecule has 0 spiro atoms. The summed E-state index contributed by atoms with van der Waals surface area (Å²) in [4.78, 5) is 6.49. The third kappa shape index (κ3) is 3.74. The van der Waals surface area contributed by atoms with E-state index < -0.39 is 0 Å². The van der Waals surface area contributed by atoms with Gasteiger partial charge in [-0.15, -0.1) is 0 Å². The van der Waals surface area contributed by atoms with E-state index in [9.17, 15) is 0 Å². The smallest absolute Gasteiger partial charge is 0.150 e. The van der Waals surface area contributed by atoms with Gasteiger partial charge in [-0.05, 0) is 36.9 Å². The molecule has 1 aliphatic carbocycles. The fourth-order valence-electron chi connectivity index (χ4n) is 3.93. The van der Waals surface area contributed by atoms with Crippen molar-refractivity contribution >= 4 is 10.8 Å². The molecule has 2 aromatic heterocycles. The largest absolute Gasteiger partial charge is 0.360 e. The van der Waals surface area contributed by atoms with Crippen LogP contribution in [-0.4, -0.2) is 22.1 Å². The van der Waals surface area contributed by atoms with Gasteiger partial charge in [-0.2, -0.15) is 0 Å². The summed E-state index contributed by atoms with van der Waals surface area (Å²) in [6, 6.07) is 10.7. The minimum absolute atomic E-state index is 0.599. The molecule has 4 nitrogen and oxygen atoms in total. The Hall–Kier alpha value is -2.20. The van der Waals surface area contributed by atoms with Crippen molar-refractivity contribution in [1.29, 1.82) is 0 Å². The normalized spacial score (nSPS) is 15.9. The number of rotatable bonds is 5. The molecule has 3 aromatic rings. The molecule has 0 bridgehead atoms. The predicted octanol–water partition coefficient (Wildman–Crippen LogP) is 4.90. The van der Waals surface area contributed by atoms with Crippen molar-refractivity contribution in [3.63, 3.8) is 0 Å². The highest BCUT2D eigenvalue weighted by atomic mass is 16.5. The number of fused-ring (bicyclic) bond motifs is 1. The molecule has 1 fully saturated rings. The molecule has 25 heavy (non-hydrogen) atoms. The lowest BCUT2D eigenvalue weighted by Crippen LogP contribution is -2.17. The fourth-order valence-corrected chi connectivity index (χ4v) is 3.93. The SMILES string of the molecule is CN(Cc1cc(C2CCCCC2)no1)Cc1cccc2cnccc12. The molecule has 1 saturated carbocycles. The van der Waals surface area contributed by atoms with E-state index in [0.29, 0.717) is 5.92 Å². The van der Waals surface area contributed by atoms with Gasteiger partial charge >= 0.3 is 0 Å². The first-order valence-electron chi connectivity index (χ1n) is 9.25. The molecule has 0 aliphatic heterocycles. The average Bonchev–Trinajstić information content (AvgIpc) is 3.11. The van der Waals surface area contributed by atoms with E-state index in [2.05, 4.69) is 52.4 Å². The van der Waals surface area contributed by atoms with E-state index in [0.717, 1.165) is 24.5 Å². The topological polar surface area (TPSA) is 42.2 Å². The highest BCUT2D eigenvalue weighted by Gasteiger charge is 2.19. The average molecular weight is 335 g/mol. The molecule has 1 aliphatic rings. The highest BCUT2D eigenvalue weighted by Crippen LogP contribution is 2.32. The van der Waals surface area contributed by atoms with Crippen LogP contribution < -0.4 is 0 Å².